The Morgan fingerprint density at radius 3 is 2.18 bits per heavy atom. The molecule has 17 heavy (non-hydrogen) atoms. The van der Waals surface area contributed by atoms with Crippen molar-refractivity contribution in [2.75, 3.05) is 11.5 Å². The minimum absolute atomic E-state index is 0.557. The second-order valence-electron chi connectivity index (χ2n) is 4.38. The number of nitrogen functional groups attached to an aromatic ring is 2. The van der Waals surface area contributed by atoms with Crippen LogP contribution in [0.25, 0.3) is 0 Å². The van der Waals surface area contributed by atoms with E-state index in [-0.39, 0.29) is 0 Å². The molecule has 0 saturated carbocycles. The first-order chi connectivity index (χ1) is 8.03. The molecule has 0 aromatic heterocycles. The summed E-state index contributed by atoms with van der Waals surface area (Å²) in [6, 6.07) is 15.4. The van der Waals surface area contributed by atoms with Gasteiger partial charge in [0.1, 0.15) is 0 Å². The van der Waals surface area contributed by atoms with Crippen molar-refractivity contribution in [3.63, 3.8) is 0 Å². The summed E-state index contributed by atoms with van der Waals surface area (Å²) >= 11 is 0. The van der Waals surface area contributed by atoms with E-state index in [1.807, 2.05) is 49.4 Å². The van der Waals surface area contributed by atoms with E-state index < -0.39 is 5.54 Å². The van der Waals surface area contributed by atoms with Gasteiger partial charge in [0, 0.05) is 5.56 Å². The number of nitrogens with two attached hydrogens (primary N) is 3. The van der Waals surface area contributed by atoms with Crippen molar-refractivity contribution >= 4 is 11.4 Å². The molecule has 0 aliphatic rings. The lowest BCUT2D eigenvalue weighted by atomic mass is 9.84. The highest BCUT2D eigenvalue weighted by molar-refractivity contribution is 5.69. The smallest absolute Gasteiger partial charge is 0.0657 e. The Hall–Kier alpha value is -2.00. The lowest BCUT2D eigenvalue weighted by molar-refractivity contribution is 0.606. The fourth-order valence-corrected chi connectivity index (χ4v) is 1.98. The molecule has 0 bridgehead atoms. The van der Waals surface area contributed by atoms with E-state index >= 15 is 0 Å². The Bertz CT molecular complexity index is 518. The molecule has 1 unspecified atom stereocenters. The maximum atomic E-state index is 6.39. The van der Waals surface area contributed by atoms with Gasteiger partial charge in [-0.2, -0.15) is 0 Å². The van der Waals surface area contributed by atoms with E-state index in [1.165, 1.54) is 0 Å². The Kier molecular flexibility index (Phi) is 2.77. The molecule has 0 amide bonds. The normalized spacial score (nSPS) is 14.2. The summed E-state index contributed by atoms with van der Waals surface area (Å²) in [5.41, 5.74) is 20.6. The van der Waals surface area contributed by atoms with E-state index in [9.17, 15) is 0 Å². The van der Waals surface area contributed by atoms with Gasteiger partial charge in [0.05, 0.1) is 16.9 Å². The maximum absolute atomic E-state index is 6.39. The molecule has 0 fully saturated rings. The molecule has 0 radical (unpaired) electrons. The van der Waals surface area contributed by atoms with E-state index in [0.29, 0.717) is 11.4 Å². The van der Waals surface area contributed by atoms with Crippen LogP contribution >= 0.6 is 0 Å². The largest absolute Gasteiger partial charge is 0.397 e. The van der Waals surface area contributed by atoms with Gasteiger partial charge in [-0.05, 0) is 18.6 Å². The highest BCUT2D eigenvalue weighted by atomic mass is 14.8. The van der Waals surface area contributed by atoms with Crippen LogP contribution in [0.5, 0.6) is 0 Å². The van der Waals surface area contributed by atoms with Gasteiger partial charge >= 0.3 is 0 Å². The standard InChI is InChI=1S/C14H17N3/c1-14(17,10-6-3-2-4-7-10)11-8-5-9-12(15)13(11)16/h2-9H,15-17H2,1H3. The molecule has 0 heterocycles. The van der Waals surface area contributed by atoms with Crippen molar-refractivity contribution in [2.45, 2.75) is 12.5 Å². The molecule has 0 aliphatic heterocycles. The predicted molar refractivity (Wildman–Crippen MR) is 72.4 cm³/mol. The predicted octanol–water partition coefficient (Wildman–Crippen LogP) is 2.07. The molecule has 0 saturated heterocycles. The quantitative estimate of drug-likeness (QED) is 0.687. The Morgan fingerprint density at radius 2 is 1.53 bits per heavy atom. The molecule has 2 aromatic rings. The Morgan fingerprint density at radius 1 is 0.882 bits per heavy atom. The van der Waals surface area contributed by atoms with Gasteiger partial charge in [-0.3, -0.25) is 0 Å². The highest BCUT2D eigenvalue weighted by Crippen LogP contribution is 2.33. The van der Waals surface area contributed by atoms with Crippen molar-refractivity contribution in [2.24, 2.45) is 5.73 Å². The lowest BCUT2D eigenvalue weighted by Crippen LogP contribution is -2.35. The summed E-state index contributed by atoms with van der Waals surface area (Å²) in [6.07, 6.45) is 0. The zero-order chi connectivity index (χ0) is 12.5. The first-order valence-corrected chi connectivity index (χ1v) is 5.52. The zero-order valence-corrected chi connectivity index (χ0v) is 9.85. The lowest BCUT2D eigenvalue weighted by Gasteiger charge is -2.27. The number of benzene rings is 2. The second kappa shape index (κ2) is 4.11. The fraction of sp³-hybridized carbons (Fsp3) is 0.143. The third kappa shape index (κ3) is 1.97. The molecule has 0 spiro atoms. The molecule has 88 valence electrons. The summed E-state index contributed by atoms with van der Waals surface area (Å²) < 4.78 is 0. The minimum atomic E-state index is -0.638. The maximum Gasteiger partial charge on any atom is 0.0657 e. The van der Waals surface area contributed by atoms with E-state index in [0.717, 1.165) is 11.1 Å². The van der Waals surface area contributed by atoms with Crippen molar-refractivity contribution in [1.82, 2.24) is 0 Å². The van der Waals surface area contributed by atoms with Crippen LogP contribution in [0.4, 0.5) is 11.4 Å². The summed E-state index contributed by atoms with van der Waals surface area (Å²) in [7, 11) is 0. The minimum Gasteiger partial charge on any atom is -0.397 e. The summed E-state index contributed by atoms with van der Waals surface area (Å²) in [4.78, 5) is 0. The van der Waals surface area contributed by atoms with Crippen LogP contribution in [-0.2, 0) is 5.54 Å². The molecule has 3 heteroatoms. The van der Waals surface area contributed by atoms with Crippen molar-refractivity contribution in [3.05, 3.63) is 59.7 Å². The Labute approximate surface area is 101 Å². The van der Waals surface area contributed by atoms with Crippen molar-refractivity contribution in [3.8, 4) is 0 Å². The topological polar surface area (TPSA) is 78.1 Å². The summed E-state index contributed by atoms with van der Waals surface area (Å²) in [6.45, 7) is 1.94. The average Bonchev–Trinajstić information content (AvgIpc) is 2.33. The van der Waals surface area contributed by atoms with Crippen LogP contribution in [0, 0.1) is 0 Å². The summed E-state index contributed by atoms with van der Waals surface area (Å²) in [5.74, 6) is 0. The van der Waals surface area contributed by atoms with Crippen LogP contribution in [0.3, 0.4) is 0 Å². The number of rotatable bonds is 2. The molecule has 0 aliphatic carbocycles. The fourth-order valence-electron chi connectivity index (χ4n) is 1.98. The van der Waals surface area contributed by atoms with Crippen LogP contribution in [-0.4, -0.2) is 0 Å². The SMILES string of the molecule is CC(N)(c1ccccc1)c1cccc(N)c1N. The van der Waals surface area contributed by atoms with Crippen LogP contribution in [0.2, 0.25) is 0 Å². The first kappa shape index (κ1) is 11.5. The van der Waals surface area contributed by atoms with Gasteiger partial charge in [-0.25, -0.2) is 0 Å². The highest BCUT2D eigenvalue weighted by Gasteiger charge is 2.26. The molecular weight excluding hydrogens is 210 g/mol. The monoisotopic (exact) mass is 227 g/mol. The van der Waals surface area contributed by atoms with E-state index in [2.05, 4.69) is 0 Å². The molecule has 2 aromatic carbocycles. The van der Waals surface area contributed by atoms with Crippen LogP contribution < -0.4 is 17.2 Å². The molecule has 6 N–H and O–H groups in total. The van der Waals surface area contributed by atoms with Crippen molar-refractivity contribution < 1.29 is 0 Å². The molecule has 1 atom stereocenters. The van der Waals surface area contributed by atoms with Gasteiger partial charge in [0.2, 0.25) is 0 Å². The number of hydrogen-bond donors (Lipinski definition) is 3. The van der Waals surface area contributed by atoms with Gasteiger partial charge in [-0.15, -0.1) is 0 Å². The third-order valence-corrected chi connectivity index (χ3v) is 3.07. The van der Waals surface area contributed by atoms with Crippen LogP contribution in [0.15, 0.2) is 48.5 Å². The van der Waals surface area contributed by atoms with Crippen molar-refractivity contribution in [1.29, 1.82) is 0 Å². The van der Waals surface area contributed by atoms with Gasteiger partial charge in [-0.1, -0.05) is 42.5 Å². The average molecular weight is 227 g/mol. The molecular formula is C14H17N3. The Balaban J connectivity index is 2.56. The number of anilines is 2. The van der Waals surface area contributed by atoms with Gasteiger partial charge < -0.3 is 17.2 Å². The summed E-state index contributed by atoms with van der Waals surface area (Å²) in [5, 5.41) is 0. The van der Waals surface area contributed by atoms with Gasteiger partial charge in [0.25, 0.3) is 0 Å². The molecule has 3 nitrogen and oxygen atoms in total. The van der Waals surface area contributed by atoms with Crippen LogP contribution in [0.1, 0.15) is 18.1 Å². The number of para-hydroxylation sites is 1. The van der Waals surface area contributed by atoms with E-state index in [4.69, 9.17) is 17.2 Å². The first-order valence-electron chi connectivity index (χ1n) is 5.52. The van der Waals surface area contributed by atoms with Gasteiger partial charge in [0.15, 0.2) is 0 Å². The zero-order valence-electron chi connectivity index (χ0n) is 9.85. The third-order valence-electron chi connectivity index (χ3n) is 3.07. The second-order valence-corrected chi connectivity index (χ2v) is 4.38. The molecule has 2 rings (SSSR count). The van der Waals surface area contributed by atoms with E-state index in [1.54, 1.807) is 6.07 Å². The number of hydrogen-bond acceptors (Lipinski definition) is 3.